The number of hydrogen-bond donors (Lipinski definition) is 3. The number of anilines is 2. The number of aromatic nitrogens is 2. The van der Waals surface area contributed by atoms with Crippen molar-refractivity contribution in [3.63, 3.8) is 0 Å². The van der Waals surface area contributed by atoms with Gasteiger partial charge >= 0.3 is 0 Å². The van der Waals surface area contributed by atoms with Gasteiger partial charge in [-0.25, -0.2) is 10.8 Å². The van der Waals surface area contributed by atoms with Gasteiger partial charge in [0, 0.05) is 13.1 Å². The molecule has 0 bridgehead atoms. The van der Waals surface area contributed by atoms with Crippen LogP contribution in [0, 0.1) is 5.92 Å². The van der Waals surface area contributed by atoms with Gasteiger partial charge in [-0.05, 0) is 6.42 Å². The van der Waals surface area contributed by atoms with Crippen molar-refractivity contribution >= 4 is 17.5 Å². The van der Waals surface area contributed by atoms with Gasteiger partial charge in [0.25, 0.3) is 0 Å². The molecule has 1 unspecified atom stereocenters. The molecule has 0 spiro atoms. The summed E-state index contributed by atoms with van der Waals surface area (Å²) in [5.74, 6) is 6.09. The van der Waals surface area contributed by atoms with Crippen molar-refractivity contribution in [2.45, 2.75) is 6.42 Å². The molecule has 7 nitrogen and oxygen atoms in total. The monoisotopic (exact) mass is 222 g/mol. The molecule has 1 aliphatic rings. The first-order valence-electron chi connectivity index (χ1n) is 5.03. The van der Waals surface area contributed by atoms with Crippen molar-refractivity contribution in [2.24, 2.45) is 17.5 Å². The van der Waals surface area contributed by atoms with Crippen molar-refractivity contribution in [1.29, 1.82) is 0 Å². The predicted octanol–water partition coefficient (Wildman–Crippen LogP) is -0.926. The summed E-state index contributed by atoms with van der Waals surface area (Å²) in [5, 5.41) is 0. The van der Waals surface area contributed by atoms with Crippen LogP contribution in [0.1, 0.15) is 6.42 Å². The maximum atomic E-state index is 11.0. The quantitative estimate of drug-likeness (QED) is 0.450. The number of primary amides is 1. The number of carbonyl (C=O) groups excluding carboxylic acids is 1. The standard InChI is InChI=1S/C9H14N6O/c10-9(16)6-1-2-15(5-6)8-4-12-3-7(13-8)14-11/h3-4,6H,1-2,5,11H2,(H2,10,16)(H,13,14). The molecule has 0 saturated carbocycles. The largest absolute Gasteiger partial charge is 0.369 e. The number of rotatable bonds is 3. The second kappa shape index (κ2) is 4.31. The average molecular weight is 222 g/mol. The van der Waals surface area contributed by atoms with Crippen molar-refractivity contribution in [3.05, 3.63) is 12.4 Å². The Morgan fingerprint density at radius 1 is 1.56 bits per heavy atom. The van der Waals surface area contributed by atoms with Crippen LogP contribution in [0.15, 0.2) is 12.4 Å². The van der Waals surface area contributed by atoms with E-state index in [-0.39, 0.29) is 11.8 Å². The van der Waals surface area contributed by atoms with E-state index in [0.717, 1.165) is 13.0 Å². The molecule has 0 aliphatic carbocycles. The topological polar surface area (TPSA) is 110 Å². The second-order valence-electron chi connectivity index (χ2n) is 3.74. The third-order valence-corrected chi connectivity index (χ3v) is 2.68. The van der Waals surface area contributed by atoms with Crippen molar-refractivity contribution < 1.29 is 4.79 Å². The predicted molar refractivity (Wildman–Crippen MR) is 59.4 cm³/mol. The van der Waals surface area contributed by atoms with Crippen LogP contribution in [-0.2, 0) is 4.79 Å². The van der Waals surface area contributed by atoms with Crippen LogP contribution in [0.2, 0.25) is 0 Å². The molecule has 1 aromatic rings. The van der Waals surface area contributed by atoms with E-state index in [9.17, 15) is 4.79 Å². The Morgan fingerprint density at radius 3 is 3.00 bits per heavy atom. The zero-order valence-corrected chi connectivity index (χ0v) is 8.76. The van der Waals surface area contributed by atoms with Crippen LogP contribution in [0.25, 0.3) is 0 Å². The molecule has 1 aromatic heterocycles. The highest BCUT2D eigenvalue weighted by Gasteiger charge is 2.27. The van der Waals surface area contributed by atoms with Gasteiger partial charge in [0.05, 0.1) is 18.3 Å². The van der Waals surface area contributed by atoms with Crippen LogP contribution >= 0.6 is 0 Å². The third kappa shape index (κ3) is 2.03. The molecule has 0 radical (unpaired) electrons. The Kier molecular flexibility index (Phi) is 2.86. The SMILES string of the molecule is NNc1cncc(N2CCC(C(N)=O)C2)n1. The van der Waals surface area contributed by atoms with Gasteiger partial charge in [-0.2, -0.15) is 0 Å². The first kappa shape index (κ1) is 10.6. The van der Waals surface area contributed by atoms with Gasteiger partial charge in [0.1, 0.15) is 5.82 Å². The minimum atomic E-state index is -0.261. The fourth-order valence-electron chi connectivity index (χ4n) is 1.78. The Hall–Kier alpha value is -1.89. The molecule has 7 heteroatoms. The number of nitrogen functional groups attached to an aromatic ring is 1. The summed E-state index contributed by atoms with van der Waals surface area (Å²) in [6.45, 7) is 1.36. The number of hydrogen-bond acceptors (Lipinski definition) is 6. The second-order valence-corrected chi connectivity index (χ2v) is 3.74. The number of hydrazine groups is 1. The number of nitrogens with two attached hydrogens (primary N) is 2. The van der Waals surface area contributed by atoms with Crippen LogP contribution in [-0.4, -0.2) is 29.0 Å². The van der Waals surface area contributed by atoms with Crippen LogP contribution < -0.4 is 21.9 Å². The maximum Gasteiger partial charge on any atom is 0.222 e. The molecule has 1 fully saturated rings. The third-order valence-electron chi connectivity index (χ3n) is 2.68. The van der Waals surface area contributed by atoms with Crippen LogP contribution in [0.5, 0.6) is 0 Å². The molecule has 1 amide bonds. The van der Waals surface area contributed by atoms with Gasteiger partial charge in [0.2, 0.25) is 5.91 Å². The Bertz CT molecular complexity index is 395. The number of carbonyl (C=O) groups is 1. The lowest BCUT2D eigenvalue weighted by Gasteiger charge is -2.16. The first-order chi connectivity index (χ1) is 7.70. The Labute approximate surface area is 92.8 Å². The van der Waals surface area contributed by atoms with Gasteiger partial charge in [0.15, 0.2) is 5.82 Å². The summed E-state index contributed by atoms with van der Waals surface area (Å²) in [6.07, 6.45) is 3.94. The number of amides is 1. The summed E-state index contributed by atoms with van der Waals surface area (Å²) < 4.78 is 0. The summed E-state index contributed by atoms with van der Waals surface area (Å²) in [4.78, 5) is 21.3. The van der Waals surface area contributed by atoms with Crippen molar-refractivity contribution in [2.75, 3.05) is 23.4 Å². The van der Waals surface area contributed by atoms with Crippen LogP contribution in [0.4, 0.5) is 11.6 Å². The van der Waals surface area contributed by atoms with Crippen molar-refractivity contribution in [3.8, 4) is 0 Å². The van der Waals surface area contributed by atoms with Crippen molar-refractivity contribution in [1.82, 2.24) is 9.97 Å². The summed E-state index contributed by atoms with van der Waals surface area (Å²) >= 11 is 0. The lowest BCUT2D eigenvalue weighted by molar-refractivity contribution is -0.121. The molecule has 5 N–H and O–H groups in total. The number of nitrogens with zero attached hydrogens (tertiary/aromatic N) is 3. The lowest BCUT2D eigenvalue weighted by atomic mass is 10.1. The molecule has 16 heavy (non-hydrogen) atoms. The highest BCUT2D eigenvalue weighted by molar-refractivity contribution is 5.78. The molecule has 2 rings (SSSR count). The molecule has 1 atom stereocenters. The van der Waals surface area contributed by atoms with E-state index in [1.807, 2.05) is 4.90 Å². The highest BCUT2D eigenvalue weighted by atomic mass is 16.1. The highest BCUT2D eigenvalue weighted by Crippen LogP contribution is 2.21. The van der Waals surface area contributed by atoms with Gasteiger partial charge in [-0.15, -0.1) is 0 Å². The zero-order chi connectivity index (χ0) is 11.5. The summed E-state index contributed by atoms with van der Waals surface area (Å²) in [7, 11) is 0. The first-order valence-corrected chi connectivity index (χ1v) is 5.03. The fourth-order valence-corrected chi connectivity index (χ4v) is 1.78. The number of nitrogens with one attached hydrogen (secondary N) is 1. The zero-order valence-electron chi connectivity index (χ0n) is 8.76. The molecular formula is C9H14N6O. The fraction of sp³-hybridized carbons (Fsp3) is 0.444. The molecule has 0 aromatic carbocycles. The van der Waals surface area contributed by atoms with Gasteiger partial charge in [-0.1, -0.05) is 0 Å². The molecule has 1 aliphatic heterocycles. The molecular weight excluding hydrogens is 208 g/mol. The minimum Gasteiger partial charge on any atom is -0.369 e. The Morgan fingerprint density at radius 2 is 2.38 bits per heavy atom. The molecule has 1 saturated heterocycles. The van der Waals surface area contributed by atoms with E-state index < -0.39 is 0 Å². The van der Waals surface area contributed by atoms with E-state index in [1.54, 1.807) is 6.20 Å². The molecule has 86 valence electrons. The smallest absolute Gasteiger partial charge is 0.222 e. The minimum absolute atomic E-state index is 0.101. The van der Waals surface area contributed by atoms with E-state index in [4.69, 9.17) is 11.6 Å². The molecule has 2 heterocycles. The summed E-state index contributed by atoms with van der Waals surface area (Å²) in [6, 6.07) is 0. The van der Waals surface area contributed by atoms with Gasteiger partial charge < -0.3 is 16.1 Å². The van der Waals surface area contributed by atoms with Gasteiger partial charge in [-0.3, -0.25) is 9.78 Å². The normalized spacial score (nSPS) is 19.8. The summed E-state index contributed by atoms with van der Waals surface area (Å²) in [5.41, 5.74) is 7.69. The maximum absolute atomic E-state index is 11.0. The van der Waals surface area contributed by atoms with E-state index in [1.165, 1.54) is 6.20 Å². The lowest BCUT2D eigenvalue weighted by Crippen LogP contribution is -2.28. The van der Waals surface area contributed by atoms with E-state index in [2.05, 4.69) is 15.4 Å². The van der Waals surface area contributed by atoms with Crippen LogP contribution in [0.3, 0.4) is 0 Å². The van der Waals surface area contributed by atoms with E-state index >= 15 is 0 Å². The average Bonchev–Trinajstić information content (AvgIpc) is 2.78. The van der Waals surface area contributed by atoms with E-state index in [0.29, 0.717) is 18.2 Å². The Balaban J connectivity index is 2.11.